The van der Waals surface area contributed by atoms with Gasteiger partial charge in [-0.1, -0.05) is 12.8 Å². The molecular weight excluding hydrogens is 270 g/mol. The van der Waals surface area contributed by atoms with Gasteiger partial charge >= 0.3 is 0 Å². The number of aromatic nitrogens is 2. The monoisotopic (exact) mass is 285 g/mol. The minimum absolute atomic E-state index is 0.244. The Morgan fingerprint density at radius 1 is 1.31 bits per heavy atom. The molecule has 1 aromatic heterocycles. The van der Waals surface area contributed by atoms with E-state index in [1.165, 1.54) is 12.8 Å². The highest BCUT2D eigenvalue weighted by atomic mass is 79.9. The van der Waals surface area contributed by atoms with E-state index in [2.05, 4.69) is 31.2 Å². The van der Waals surface area contributed by atoms with Gasteiger partial charge in [-0.15, -0.1) is 0 Å². The third-order valence-electron chi connectivity index (χ3n) is 3.08. The molecule has 2 atom stereocenters. The Bertz CT molecular complexity index is 331. The van der Waals surface area contributed by atoms with Crippen molar-refractivity contribution in [3.63, 3.8) is 0 Å². The molecule has 0 aliphatic heterocycles. The maximum atomic E-state index is 9.30. The molecule has 2 rings (SSSR count). The molecule has 0 saturated heterocycles. The molecule has 16 heavy (non-hydrogen) atoms. The summed E-state index contributed by atoms with van der Waals surface area (Å²) in [6.45, 7) is 0.244. The van der Waals surface area contributed by atoms with Crippen LogP contribution in [0.4, 0.5) is 5.95 Å². The van der Waals surface area contributed by atoms with Crippen molar-refractivity contribution in [2.45, 2.75) is 31.7 Å². The summed E-state index contributed by atoms with van der Waals surface area (Å²) in [6.07, 6.45) is 8.06. The minimum atomic E-state index is 0.244. The van der Waals surface area contributed by atoms with Crippen molar-refractivity contribution in [1.82, 2.24) is 9.97 Å². The summed E-state index contributed by atoms with van der Waals surface area (Å²) < 4.78 is 0.875. The van der Waals surface area contributed by atoms with E-state index in [0.29, 0.717) is 17.9 Å². The molecule has 0 amide bonds. The molecule has 5 heteroatoms. The lowest BCUT2D eigenvalue weighted by atomic mass is 9.85. The molecule has 0 radical (unpaired) electrons. The highest BCUT2D eigenvalue weighted by Crippen LogP contribution is 2.26. The van der Waals surface area contributed by atoms with Crippen molar-refractivity contribution in [2.75, 3.05) is 11.9 Å². The Hall–Kier alpha value is -0.680. The van der Waals surface area contributed by atoms with Gasteiger partial charge in [0.05, 0.1) is 4.47 Å². The van der Waals surface area contributed by atoms with Crippen LogP contribution in [-0.4, -0.2) is 27.7 Å². The van der Waals surface area contributed by atoms with Crippen LogP contribution in [0.5, 0.6) is 0 Å². The Morgan fingerprint density at radius 2 is 2.00 bits per heavy atom. The predicted molar refractivity (Wildman–Crippen MR) is 66.2 cm³/mol. The summed E-state index contributed by atoms with van der Waals surface area (Å²) >= 11 is 3.30. The Balaban J connectivity index is 1.99. The van der Waals surface area contributed by atoms with Gasteiger partial charge in [-0.25, -0.2) is 9.97 Å². The first kappa shape index (κ1) is 11.8. The zero-order chi connectivity index (χ0) is 11.4. The van der Waals surface area contributed by atoms with Gasteiger partial charge in [0.1, 0.15) is 0 Å². The standard InChI is InChI=1S/C11H16BrN3O/c12-9-5-13-11(14-6-9)15-10-4-2-1-3-8(10)7-16/h5-6,8,10,16H,1-4,7H2,(H,13,14,15)/t8-,10+/m1/s1. The van der Waals surface area contributed by atoms with Crippen LogP contribution in [0.2, 0.25) is 0 Å². The lowest BCUT2D eigenvalue weighted by molar-refractivity contribution is 0.178. The topological polar surface area (TPSA) is 58.0 Å². The molecule has 88 valence electrons. The van der Waals surface area contributed by atoms with Crippen molar-refractivity contribution in [3.8, 4) is 0 Å². The average Bonchev–Trinajstić information content (AvgIpc) is 2.33. The zero-order valence-corrected chi connectivity index (χ0v) is 10.7. The van der Waals surface area contributed by atoms with E-state index < -0.39 is 0 Å². The van der Waals surface area contributed by atoms with Crippen LogP contribution in [-0.2, 0) is 0 Å². The van der Waals surface area contributed by atoms with Crippen molar-refractivity contribution >= 4 is 21.9 Å². The zero-order valence-electron chi connectivity index (χ0n) is 9.06. The number of nitrogens with zero attached hydrogens (tertiary/aromatic N) is 2. The van der Waals surface area contributed by atoms with Gasteiger partial charge in [-0.05, 0) is 28.8 Å². The van der Waals surface area contributed by atoms with Gasteiger partial charge in [0, 0.05) is 31.0 Å². The van der Waals surface area contributed by atoms with E-state index in [1.807, 2.05) is 0 Å². The third kappa shape index (κ3) is 2.92. The number of rotatable bonds is 3. The smallest absolute Gasteiger partial charge is 0.222 e. The Kier molecular flexibility index (Phi) is 4.12. The second-order valence-electron chi connectivity index (χ2n) is 4.20. The van der Waals surface area contributed by atoms with E-state index in [-0.39, 0.29) is 6.61 Å². The number of hydrogen-bond acceptors (Lipinski definition) is 4. The molecule has 1 aromatic rings. The van der Waals surface area contributed by atoms with Crippen LogP contribution >= 0.6 is 15.9 Å². The van der Waals surface area contributed by atoms with Crippen LogP contribution in [0.1, 0.15) is 25.7 Å². The SMILES string of the molecule is OC[C@H]1CCCC[C@@H]1Nc1ncc(Br)cn1. The number of anilines is 1. The molecule has 0 aromatic carbocycles. The first-order valence-corrected chi connectivity index (χ1v) is 6.44. The maximum Gasteiger partial charge on any atom is 0.222 e. The fourth-order valence-electron chi connectivity index (χ4n) is 2.17. The Morgan fingerprint density at radius 3 is 2.69 bits per heavy atom. The van der Waals surface area contributed by atoms with E-state index in [0.717, 1.165) is 17.3 Å². The van der Waals surface area contributed by atoms with Crippen LogP contribution in [0, 0.1) is 5.92 Å². The van der Waals surface area contributed by atoms with Gasteiger partial charge in [0.2, 0.25) is 5.95 Å². The van der Waals surface area contributed by atoms with E-state index in [4.69, 9.17) is 0 Å². The van der Waals surface area contributed by atoms with Crippen molar-refractivity contribution in [1.29, 1.82) is 0 Å². The summed E-state index contributed by atoms with van der Waals surface area (Å²) in [5.41, 5.74) is 0. The molecule has 2 N–H and O–H groups in total. The summed E-state index contributed by atoms with van der Waals surface area (Å²) in [7, 11) is 0. The molecule has 1 fully saturated rings. The van der Waals surface area contributed by atoms with Gasteiger partial charge in [-0.2, -0.15) is 0 Å². The molecule has 1 aliphatic rings. The number of halogens is 1. The van der Waals surface area contributed by atoms with Gasteiger partial charge in [0.25, 0.3) is 0 Å². The average molecular weight is 286 g/mol. The Labute approximate surface area is 104 Å². The summed E-state index contributed by atoms with van der Waals surface area (Å²) in [4.78, 5) is 8.38. The number of hydrogen-bond donors (Lipinski definition) is 2. The van der Waals surface area contributed by atoms with E-state index in [9.17, 15) is 5.11 Å². The highest BCUT2D eigenvalue weighted by Gasteiger charge is 2.24. The van der Waals surface area contributed by atoms with E-state index in [1.54, 1.807) is 12.4 Å². The summed E-state index contributed by atoms with van der Waals surface area (Å²) in [5.74, 6) is 0.981. The van der Waals surface area contributed by atoms with Crippen LogP contribution in [0.3, 0.4) is 0 Å². The molecule has 0 spiro atoms. The predicted octanol–water partition coefficient (Wildman–Crippen LogP) is 2.20. The quantitative estimate of drug-likeness (QED) is 0.894. The highest BCUT2D eigenvalue weighted by molar-refractivity contribution is 9.10. The third-order valence-corrected chi connectivity index (χ3v) is 3.49. The molecule has 0 unspecified atom stereocenters. The van der Waals surface area contributed by atoms with Crippen LogP contribution in [0.15, 0.2) is 16.9 Å². The van der Waals surface area contributed by atoms with Crippen molar-refractivity contribution in [2.24, 2.45) is 5.92 Å². The van der Waals surface area contributed by atoms with Gasteiger partial charge < -0.3 is 10.4 Å². The number of aliphatic hydroxyl groups is 1. The van der Waals surface area contributed by atoms with Crippen molar-refractivity contribution < 1.29 is 5.11 Å². The van der Waals surface area contributed by atoms with Gasteiger partial charge in [0.15, 0.2) is 0 Å². The molecule has 1 heterocycles. The second-order valence-corrected chi connectivity index (χ2v) is 5.12. The maximum absolute atomic E-state index is 9.30. The second kappa shape index (κ2) is 5.59. The van der Waals surface area contributed by atoms with Crippen LogP contribution < -0.4 is 5.32 Å². The first-order chi connectivity index (χ1) is 7.79. The first-order valence-electron chi connectivity index (χ1n) is 5.64. The normalized spacial score (nSPS) is 25.4. The van der Waals surface area contributed by atoms with Gasteiger partial charge in [-0.3, -0.25) is 0 Å². The molecule has 1 saturated carbocycles. The van der Waals surface area contributed by atoms with Crippen molar-refractivity contribution in [3.05, 3.63) is 16.9 Å². The number of aliphatic hydroxyl groups excluding tert-OH is 1. The lowest BCUT2D eigenvalue weighted by Gasteiger charge is -2.30. The molecule has 1 aliphatic carbocycles. The molecule has 0 bridgehead atoms. The van der Waals surface area contributed by atoms with Crippen LogP contribution in [0.25, 0.3) is 0 Å². The fourth-order valence-corrected chi connectivity index (χ4v) is 2.37. The molecular formula is C11H16BrN3O. The lowest BCUT2D eigenvalue weighted by Crippen LogP contribution is -2.34. The molecule has 4 nitrogen and oxygen atoms in total. The van der Waals surface area contributed by atoms with E-state index >= 15 is 0 Å². The summed E-state index contributed by atoms with van der Waals surface area (Å²) in [5, 5.41) is 12.6. The largest absolute Gasteiger partial charge is 0.396 e. The summed E-state index contributed by atoms with van der Waals surface area (Å²) in [6, 6.07) is 0.305. The fraction of sp³-hybridized carbons (Fsp3) is 0.636. The minimum Gasteiger partial charge on any atom is -0.396 e. The number of nitrogens with one attached hydrogen (secondary N) is 1.